The van der Waals surface area contributed by atoms with Gasteiger partial charge < -0.3 is 52.1 Å². The van der Waals surface area contributed by atoms with E-state index in [1.54, 1.807) is 37.4 Å². The molecule has 0 aliphatic heterocycles. The number of methoxy groups -OCH3 is 2. The molecule has 2 aromatic rings. The van der Waals surface area contributed by atoms with Crippen LogP contribution in [0.15, 0.2) is 42.5 Å². The second-order valence-corrected chi connectivity index (χ2v) is 9.41. The average molecular weight is 653 g/mol. The van der Waals surface area contributed by atoms with E-state index in [-0.39, 0.29) is 49.2 Å². The predicted octanol–water partition coefficient (Wildman–Crippen LogP) is 3.61. The van der Waals surface area contributed by atoms with Crippen molar-refractivity contribution in [2.24, 2.45) is 0 Å². The first-order chi connectivity index (χ1) is 22.6. The Kier molecular flexibility index (Phi) is 21.8. The molecule has 13 heteroatoms. The van der Waals surface area contributed by atoms with Crippen LogP contribution in [0.4, 0.5) is 0 Å². The minimum Gasteiger partial charge on any atom is -0.487 e. The smallest absolute Gasteiger partial charge is 0.343 e. The van der Waals surface area contributed by atoms with Crippen LogP contribution in [0.3, 0.4) is 0 Å². The van der Waals surface area contributed by atoms with Crippen molar-refractivity contribution >= 4 is 11.9 Å². The fourth-order valence-corrected chi connectivity index (χ4v) is 3.64. The summed E-state index contributed by atoms with van der Waals surface area (Å²) in [6.07, 6.45) is 0.963. The van der Waals surface area contributed by atoms with Crippen LogP contribution >= 0.6 is 0 Å². The van der Waals surface area contributed by atoms with Gasteiger partial charge in [-0.05, 0) is 30.7 Å². The summed E-state index contributed by atoms with van der Waals surface area (Å²) >= 11 is 0. The van der Waals surface area contributed by atoms with Gasteiger partial charge in [0.2, 0.25) is 5.75 Å². The van der Waals surface area contributed by atoms with E-state index in [1.165, 1.54) is 19.2 Å². The second-order valence-electron chi connectivity index (χ2n) is 9.41. The van der Waals surface area contributed by atoms with E-state index in [9.17, 15) is 9.59 Å². The first-order valence-corrected chi connectivity index (χ1v) is 15.3. The molecular formula is C33H48O13. The molecular weight excluding hydrogens is 604 g/mol. The molecule has 0 atom stereocenters. The highest BCUT2D eigenvalue weighted by molar-refractivity contribution is 5.93. The number of ether oxygens (including phenoxy) is 11. The minimum atomic E-state index is -0.628. The summed E-state index contributed by atoms with van der Waals surface area (Å²) in [5, 5.41) is 0. The number of hydrogen-bond donors (Lipinski definition) is 0. The van der Waals surface area contributed by atoms with Gasteiger partial charge in [-0.3, -0.25) is 0 Å². The fraction of sp³-hybridized carbons (Fsp3) is 0.576. The Morgan fingerprint density at radius 1 is 0.522 bits per heavy atom. The maximum atomic E-state index is 13.0. The summed E-state index contributed by atoms with van der Waals surface area (Å²) in [5.41, 5.74) is 0.473. The van der Waals surface area contributed by atoms with Crippen LogP contribution in [0.2, 0.25) is 0 Å². The van der Waals surface area contributed by atoms with Gasteiger partial charge in [-0.15, -0.1) is 0 Å². The molecule has 2 aromatic carbocycles. The third-order valence-corrected chi connectivity index (χ3v) is 5.88. The zero-order valence-electron chi connectivity index (χ0n) is 27.2. The van der Waals surface area contributed by atoms with Crippen LogP contribution in [-0.2, 0) is 37.9 Å². The van der Waals surface area contributed by atoms with Gasteiger partial charge in [-0.1, -0.05) is 25.1 Å². The molecule has 0 aliphatic carbocycles. The lowest BCUT2D eigenvalue weighted by Gasteiger charge is -2.18. The van der Waals surface area contributed by atoms with Gasteiger partial charge in [0.05, 0.1) is 97.5 Å². The van der Waals surface area contributed by atoms with E-state index in [0.717, 1.165) is 6.42 Å². The van der Waals surface area contributed by atoms with E-state index < -0.39 is 11.9 Å². The molecule has 0 radical (unpaired) electrons. The Morgan fingerprint density at radius 3 is 1.39 bits per heavy atom. The molecule has 0 unspecified atom stereocenters. The topological polar surface area (TPSA) is 136 Å². The van der Waals surface area contributed by atoms with Crippen molar-refractivity contribution in [1.29, 1.82) is 0 Å². The zero-order valence-corrected chi connectivity index (χ0v) is 27.2. The van der Waals surface area contributed by atoms with Gasteiger partial charge in [0, 0.05) is 13.7 Å². The predicted molar refractivity (Wildman–Crippen MR) is 167 cm³/mol. The average Bonchev–Trinajstić information content (AvgIpc) is 3.08. The van der Waals surface area contributed by atoms with Crippen molar-refractivity contribution in [3.8, 4) is 17.2 Å². The van der Waals surface area contributed by atoms with Gasteiger partial charge in [-0.25, -0.2) is 9.59 Å². The van der Waals surface area contributed by atoms with Crippen LogP contribution in [-0.4, -0.2) is 125 Å². The van der Waals surface area contributed by atoms with Crippen LogP contribution in [0.25, 0.3) is 0 Å². The molecule has 0 amide bonds. The Balaban J connectivity index is 1.97. The minimum absolute atomic E-state index is 0.00808. The summed E-state index contributed by atoms with van der Waals surface area (Å²) in [7, 11) is 2.88. The number of rotatable bonds is 28. The molecule has 0 heterocycles. The van der Waals surface area contributed by atoms with Crippen molar-refractivity contribution in [3.05, 3.63) is 53.6 Å². The Morgan fingerprint density at radius 2 is 0.957 bits per heavy atom. The van der Waals surface area contributed by atoms with E-state index in [1.807, 2.05) is 6.92 Å². The van der Waals surface area contributed by atoms with Crippen molar-refractivity contribution in [2.45, 2.75) is 13.3 Å². The molecule has 0 saturated carbocycles. The van der Waals surface area contributed by atoms with Crippen LogP contribution < -0.4 is 14.2 Å². The first kappa shape index (κ1) is 38.9. The lowest BCUT2D eigenvalue weighted by Crippen LogP contribution is -2.16. The number of carbonyl (C=O) groups is 2. The summed E-state index contributed by atoms with van der Waals surface area (Å²) in [5.74, 6) is -1.02. The molecule has 258 valence electrons. The number of carbonyl (C=O) groups excluding carboxylic acids is 2. The summed E-state index contributed by atoms with van der Waals surface area (Å²) in [4.78, 5) is 25.5. The second kappa shape index (κ2) is 25.8. The van der Waals surface area contributed by atoms with Crippen molar-refractivity contribution in [2.75, 3.05) is 113 Å². The van der Waals surface area contributed by atoms with Crippen LogP contribution in [0, 0.1) is 0 Å². The highest BCUT2D eigenvalue weighted by Crippen LogP contribution is 2.40. The molecule has 0 fully saturated rings. The SMILES string of the molecule is CCCOCCOCCOCCOc1cc(C(=O)OC)cc(OCCOCCOCCOCCOC)c1OC(=O)c1ccccc1. The molecule has 13 nitrogen and oxygen atoms in total. The van der Waals surface area contributed by atoms with Crippen molar-refractivity contribution in [3.63, 3.8) is 0 Å². The maximum Gasteiger partial charge on any atom is 0.343 e. The number of hydrogen-bond acceptors (Lipinski definition) is 13. The monoisotopic (exact) mass is 652 g/mol. The highest BCUT2D eigenvalue weighted by atomic mass is 16.6. The molecule has 46 heavy (non-hydrogen) atoms. The molecule has 0 aliphatic rings. The largest absolute Gasteiger partial charge is 0.487 e. The summed E-state index contributed by atoms with van der Waals surface area (Å²) in [6.45, 7) is 7.83. The summed E-state index contributed by atoms with van der Waals surface area (Å²) in [6, 6.07) is 11.3. The van der Waals surface area contributed by atoms with Crippen LogP contribution in [0.1, 0.15) is 34.1 Å². The maximum absolute atomic E-state index is 13.0. The molecule has 0 saturated heterocycles. The zero-order chi connectivity index (χ0) is 33.1. The highest BCUT2D eigenvalue weighted by Gasteiger charge is 2.22. The summed E-state index contributed by atoms with van der Waals surface area (Å²) < 4.78 is 60.2. The number of esters is 2. The fourth-order valence-electron chi connectivity index (χ4n) is 3.64. The van der Waals surface area contributed by atoms with Gasteiger partial charge in [0.1, 0.15) is 13.2 Å². The Bertz CT molecular complexity index is 1080. The van der Waals surface area contributed by atoms with Gasteiger partial charge >= 0.3 is 11.9 Å². The van der Waals surface area contributed by atoms with Crippen LogP contribution in [0.5, 0.6) is 17.2 Å². The Hall–Kier alpha value is -3.30. The van der Waals surface area contributed by atoms with Gasteiger partial charge in [0.15, 0.2) is 11.5 Å². The molecule has 0 aromatic heterocycles. The third-order valence-electron chi connectivity index (χ3n) is 5.88. The standard InChI is InChI=1S/C33H48O13/c1-4-10-38-13-14-40-17-19-42-21-23-44-29-25-28(32(34)37-3)26-30(31(29)46-33(35)27-8-6-5-7-9-27)45-24-22-43-20-18-41-16-15-39-12-11-36-2/h5-9,25-26H,4,10-24H2,1-3H3. The van der Waals surface area contributed by atoms with E-state index in [2.05, 4.69) is 0 Å². The molecule has 0 N–H and O–H groups in total. The van der Waals surface area contributed by atoms with Crippen molar-refractivity contribution in [1.82, 2.24) is 0 Å². The first-order valence-electron chi connectivity index (χ1n) is 15.3. The number of benzene rings is 2. The van der Waals surface area contributed by atoms with E-state index >= 15 is 0 Å². The normalized spacial score (nSPS) is 10.9. The third kappa shape index (κ3) is 16.9. The van der Waals surface area contributed by atoms with Crippen molar-refractivity contribution < 1.29 is 61.7 Å². The lowest BCUT2D eigenvalue weighted by atomic mass is 10.1. The lowest BCUT2D eigenvalue weighted by molar-refractivity contribution is 0.0000336. The molecule has 0 bridgehead atoms. The van der Waals surface area contributed by atoms with Gasteiger partial charge in [-0.2, -0.15) is 0 Å². The van der Waals surface area contributed by atoms with Gasteiger partial charge in [0.25, 0.3) is 0 Å². The Labute approximate surface area is 271 Å². The van der Waals surface area contributed by atoms with E-state index in [0.29, 0.717) is 78.2 Å². The molecule has 0 spiro atoms. The van der Waals surface area contributed by atoms with E-state index in [4.69, 9.17) is 52.1 Å². The molecule has 2 rings (SSSR count). The quantitative estimate of drug-likeness (QED) is 0.0753.